The molecule has 5 heteroatoms. The molecule has 0 aromatic heterocycles. The summed E-state index contributed by atoms with van der Waals surface area (Å²) in [6, 6.07) is 0. The molecule has 5 atom stereocenters. The monoisotopic (exact) mass is 554 g/mol. The van der Waals surface area contributed by atoms with Gasteiger partial charge in [-0.25, -0.2) is 0 Å². The van der Waals surface area contributed by atoms with E-state index in [1.165, 1.54) is 30.4 Å². The largest absolute Gasteiger partial charge is 0.396 e. The van der Waals surface area contributed by atoms with Crippen LogP contribution in [0.4, 0.5) is 0 Å². The van der Waals surface area contributed by atoms with Crippen molar-refractivity contribution in [3.05, 3.63) is 57.7 Å². The Morgan fingerprint density at radius 1 is 1.05 bits per heavy atom. The van der Waals surface area contributed by atoms with E-state index in [1.54, 1.807) is 5.57 Å². The third kappa shape index (κ3) is 7.15. The van der Waals surface area contributed by atoms with Crippen molar-refractivity contribution in [1.29, 1.82) is 0 Å². The first-order valence-electron chi connectivity index (χ1n) is 15.6. The van der Waals surface area contributed by atoms with Gasteiger partial charge < -0.3 is 20.4 Å². The molecule has 40 heavy (non-hydrogen) atoms. The summed E-state index contributed by atoms with van der Waals surface area (Å²) in [5.41, 5.74) is 4.80. The van der Waals surface area contributed by atoms with Crippen LogP contribution in [0.25, 0.3) is 0 Å². The summed E-state index contributed by atoms with van der Waals surface area (Å²) in [5, 5.41) is 43.9. The van der Waals surface area contributed by atoms with Gasteiger partial charge >= 0.3 is 0 Å². The Morgan fingerprint density at radius 2 is 1.77 bits per heavy atom. The number of carbonyl (C=O) groups excluding carboxylic acids is 1. The van der Waals surface area contributed by atoms with E-state index in [9.17, 15) is 25.2 Å². The van der Waals surface area contributed by atoms with Crippen LogP contribution < -0.4 is 0 Å². The molecule has 0 aliphatic heterocycles. The molecule has 3 rings (SSSR count). The molecule has 3 fully saturated rings. The van der Waals surface area contributed by atoms with Gasteiger partial charge in [-0.15, -0.1) is 0 Å². The van der Waals surface area contributed by atoms with Gasteiger partial charge in [0.25, 0.3) is 0 Å². The van der Waals surface area contributed by atoms with Crippen molar-refractivity contribution < 1.29 is 25.2 Å². The van der Waals surface area contributed by atoms with Crippen molar-refractivity contribution in [2.75, 3.05) is 13.2 Å². The topological polar surface area (TPSA) is 98.0 Å². The molecule has 3 saturated carbocycles. The number of aliphatic hydroxyl groups excluding tert-OH is 3. The summed E-state index contributed by atoms with van der Waals surface area (Å²) in [5.74, 6) is -0.466. The maximum Gasteiger partial charge on any atom is 0.145 e. The molecule has 0 heterocycles. The van der Waals surface area contributed by atoms with Gasteiger partial charge in [0.15, 0.2) is 0 Å². The third-order valence-electron chi connectivity index (χ3n) is 10.2. The molecule has 5 unspecified atom stereocenters. The molecule has 0 aromatic rings. The van der Waals surface area contributed by atoms with E-state index >= 15 is 0 Å². The molecule has 0 saturated heterocycles. The van der Waals surface area contributed by atoms with Crippen molar-refractivity contribution in [1.82, 2.24) is 0 Å². The zero-order valence-corrected chi connectivity index (χ0v) is 25.4. The Morgan fingerprint density at radius 3 is 2.40 bits per heavy atom. The van der Waals surface area contributed by atoms with Crippen molar-refractivity contribution in [2.24, 2.45) is 17.3 Å². The highest BCUT2D eigenvalue weighted by Gasteiger charge is 2.63. The molecule has 0 radical (unpaired) electrons. The van der Waals surface area contributed by atoms with Crippen LogP contribution in [0.15, 0.2) is 57.7 Å². The van der Waals surface area contributed by atoms with Crippen molar-refractivity contribution in [3.63, 3.8) is 0 Å². The first-order chi connectivity index (χ1) is 19.1. The van der Waals surface area contributed by atoms with Gasteiger partial charge in [-0.05, 0) is 127 Å². The van der Waals surface area contributed by atoms with Crippen LogP contribution in [0.1, 0.15) is 111 Å². The molecule has 3 aliphatic carbocycles. The smallest absolute Gasteiger partial charge is 0.145 e. The minimum absolute atomic E-state index is 0.0275. The van der Waals surface area contributed by atoms with Gasteiger partial charge in [0.05, 0.1) is 18.3 Å². The van der Waals surface area contributed by atoms with Crippen LogP contribution in [0.2, 0.25) is 0 Å². The summed E-state index contributed by atoms with van der Waals surface area (Å²) in [7, 11) is 0. The second kappa shape index (κ2) is 14.9. The minimum atomic E-state index is -1.12. The van der Waals surface area contributed by atoms with Gasteiger partial charge in [0.1, 0.15) is 6.29 Å². The first kappa shape index (κ1) is 32.7. The second-order valence-electron chi connectivity index (χ2n) is 12.9. The molecule has 224 valence electrons. The standard InChI is InChI=1S/C35H54O5/c1-25(2)11-8-14-28(27-12-6-5-7-13-27)15-9-16-29(24-38)31-19-21-35(33(31)39)32(17-10-22-36)30(26(3)23-37)18-20-34(35,4)40/h9,11,15-16,23,31-33,36,38-40H,5-8,10,12-14,17-22,24H2,1-4H3. The van der Waals surface area contributed by atoms with E-state index in [-0.39, 0.29) is 25.0 Å². The first-order valence-corrected chi connectivity index (χ1v) is 15.6. The van der Waals surface area contributed by atoms with Crippen LogP contribution in [0.3, 0.4) is 0 Å². The second-order valence-corrected chi connectivity index (χ2v) is 12.9. The van der Waals surface area contributed by atoms with Crippen molar-refractivity contribution >= 4 is 6.29 Å². The number of aldehydes is 1. The molecule has 0 aromatic carbocycles. The maximum atomic E-state index is 12.0. The Hall–Kier alpha value is -1.79. The fraction of sp³-hybridized carbons (Fsp3) is 0.686. The average molecular weight is 555 g/mol. The maximum absolute atomic E-state index is 12.0. The van der Waals surface area contributed by atoms with Crippen LogP contribution >= 0.6 is 0 Å². The summed E-state index contributed by atoms with van der Waals surface area (Å²) in [6.07, 6.45) is 20.2. The lowest BCUT2D eigenvalue weighted by atomic mass is 9.52. The number of carbonyl (C=O) groups is 1. The molecule has 4 N–H and O–H groups in total. The van der Waals surface area contributed by atoms with Crippen molar-refractivity contribution in [3.8, 4) is 0 Å². The Labute approximate surface area is 242 Å². The number of allylic oxidation sites excluding steroid dienone is 9. The lowest BCUT2D eigenvalue weighted by Crippen LogP contribution is -2.59. The lowest BCUT2D eigenvalue weighted by Gasteiger charge is -2.55. The third-order valence-corrected chi connectivity index (χ3v) is 10.2. The molecule has 0 bridgehead atoms. The zero-order valence-electron chi connectivity index (χ0n) is 25.4. The predicted molar refractivity (Wildman–Crippen MR) is 163 cm³/mol. The van der Waals surface area contributed by atoms with E-state index in [2.05, 4.69) is 26.0 Å². The number of rotatable bonds is 11. The van der Waals surface area contributed by atoms with Gasteiger partial charge in [-0.3, -0.25) is 4.79 Å². The lowest BCUT2D eigenvalue weighted by molar-refractivity contribution is -0.167. The Balaban J connectivity index is 1.93. The van der Waals surface area contributed by atoms with E-state index in [4.69, 9.17) is 0 Å². The van der Waals surface area contributed by atoms with E-state index < -0.39 is 17.1 Å². The number of hydrogen-bond acceptors (Lipinski definition) is 5. The fourth-order valence-corrected chi connectivity index (χ4v) is 7.94. The van der Waals surface area contributed by atoms with E-state index in [0.717, 1.165) is 43.1 Å². The van der Waals surface area contributed by atoms with Crippen molar-refractivity contribution in [2.45, 2.75) is 123 Å². The quantitative estimate of drug-likeness (QED) is 0.0989. The summed E-state index contributed by atoms with van der Waals surface area (Å²) in [6.45, 7) is 7.80. The van der Waals surface area contributed by atoms with Gasteiger partial charge in [-0.1, -0.05) is 47.4 Å². The van der Waals surface area contributed by atoms with Crippen LogP contribution in [-0.4, -0.2) is 51.6 Å². The van der Waals surface area contributed by atoms with Crippen LogP contribution in [0.5, 0.6) is 0 Å². The summed E-state index contributed by atoms with van der Waals surface area (Å²) in [4.78, 5) is 11.8. The minimum Gasteiger partial charge on any atom is -0.396 e. The Bertz CT molecular complexity index is 1010. The molecule has 3 aliphatic rings. The molecule has 5 nitrogen and oxygen atoms in total. The predicted octanol–water partition coefficient (Wildman–Crippen LogP) is 6.67. The Kier molecular flexibility index (Phi) is 12.2. The van der Waals surface area contributed by atoms with E-state index in [0.29, 0.717) is 44.1 Å². The normalized spacial score (nSPS) is 32.5. The number of aliphatic hydroxyl groups is 4. The SMILES string of the molecule is CC(C)=CCCC(C=CC=C(CO)C1CCC2(C(CCCO)C(=C(C)C=O)CCC2(C)O)C1O)=C1CCCCC1. The zero-order chi connectivity index (χ0) is 29.3. The summed E-state index contributed by atoms with van der Waals surface area (Å²) >= 11 is 0. The molecular formula is C35H54O5. The van der Waals surface area contributed by atoms with Gasteiger partial charge in [-0.2, -0.15) is 0 Å². The highest BCUT2D eigenvalue weighted by molar-refractivity contribution is 5.74. The van der Waals surface area contributed by atoms with Crippen LogP contribution in [-0.2, 0) is 4.79 Å². The van der Waals surface area contributed by atoms with E-state index in [1.807, 2.05) is 26.0 Å². The van der Waals surface area contributed by atoms with Crippen LogP contribution in [0, 0.1) is 17.3 Å². The molecular weight excluding hydrogens is 500 g/mol. The molecule has 0 amide bonds. The highest BCUT2D eigenvalue weighted by atomic mass is 16.3. The van der Waals surface area contributed by atoms with Gasteiger partial charge in [0, 0.05) is 17.9 Å². The molecule has 1 spiro atoms. The highest BCUT2D eigenvalue weighted by Crippen LogP contribution is 2.62. The fourth-order valence-electron chi connectivity index (χ4n) is 7.94. The van der Waals surface area contributed by atoms with Gasteiger partial charge in [0.2, 0.25) is 0 Å². The summed E-state index contributed by atoms with van der Waals surface area (Å²) < 4.78 is 0. The number of hydrogen-bond donors (Lipinski definition) is 4. The average Bonchev–Trinajstić information content (AvgIpc) is 3.28.